The van der Waals surface area contributed by atoms with Crippen LogP contribution in [0.15, 0.2) is 47.5 Å². The molecule has 0 amide bonds. The summed E-state index contributed by atoms with van der Waals surface area (Å²) in [4.78, 5) is 27.2. The average molecular weight is 428 g/mol. The van der Waals surface area contributed by atoms with Crippen LogP contribution in [0, 0.1) is 10.1 Å². The number of hydrogen-bond acceptors (Lipinski definition) is 6. The van der Waals surface area contributed by atoms with Crippen molar-refractivity contribution in [3.8, 4) is 28.5 Å². The quantitative estimate of drug-likeness (QED) is 0.418. The maximum atomic E-state index is 12.2. The van der Waals surface area contributed by atoms with Crippen LogP contribution in [0.25, 0.3) is 11.1 Å². The second-order valence-corrected chi connectivity index (χ2v) is 7.40. The number of aromatic nitrogens is 2. The van der Waals surface area contributed by atoms with Gasteiger partial charge in [-0.15, -0.1) is 0 Å². The van der Waals surface area contributed by atoms with E-state index in [1.54, 1.807) is 25.4 Å². The number of halogens is 1. The van der Waals surface area contributed by atoms with Gasteiger partial charge in [0.25, 0.3) is 11.2 Å². The van der Waals surface area contributed by atoms with Gasteiger partial charge in [0, 0.05) is 36.0 Å². The van der Waals surface area contributed by atoms with Crippen molar-refractivity contribution in [1.29, 1.82) is 0 Å². The van der Waals surface area contributed by atoms with Crippen LogP contribution < -0.4 is 15.0 Å². The molecule has 0 radical (unpaired) electrons. The van der Waals surface area contributed by atoms with Crippen LogP contribution in [0.4, 0.5) is 5.69 Å². The summed E-state index contributed by atoms with van der Waals surface area (Å²) in [6.07, 6.45) is 5.01. The van der Waals surface area contributed by atoms with Crippen molar-refractivity contribution in [2.24, 2.45) is 7.05 Å². The second kappa shape index (κ2) is 8.16. The normalized spacial score (nSPS) is 13.4. The summed E-state index contributed by atoms with van der Waals surface area (Å²) in [5.41, 5.74) is 1.31. The Morgan fingerprint density at radius 3 is 2.80 bits per heavy atom. The van der Waals surface area contributed by atoms with Crippen LogP contribution in [0.2, 0.25) is 5.02 Å². The van der Waals surface area contributed by atoms with Crippen LogP contribution in [0.1, 0.15) is 18.4 Å². The van der Waals surface area contributed by atoms with Crippen molar-refractivity contribution < 1.29 is 14.4 Å². The van der Waals surface area contributed by atoms with E-state index in [4.69, 9.17) is 21.1 Å². The van der Waals surface area contributed by atoms with E-state index in [1.165, 1.54) is 16.7 Å². The topological polar surface area (TPSA) is 96.5 Å². The average Bonchev–Trinajstić information content (AvgIpc) is 2.71. The largest absolute Gasteiger partial charge is 0.493 e. The number of fused-ring (bicyclic) bond motifs is 4. The number of pyridine rings is 2. The van der Waals surface area contributed by atoms with Gasteiger partial charge < -0.3 is 14.0 Å². The molecule has 0 atom stereocenters. The van der Waals surface area contributed by atoms with Crippen molar-refractivity contribution in [1.82, 2.24) is 9.55 Å². The minimum absolute atomic E-state index is 0.174. The number of nitrogens with zero attached hydrogens (tertiary/aromatic N) is 3. The van der Waals surface area contributed by atoms with Gasteiger partial charge in [0.15, 0.2) is 0 Å². The fourth-order valence-electron chi connectivity index (χ4n) is 3.30. The van der Waals surface area contributed by atoms with E-state index >= 15 is 0 Å². The highest BCUT2D eigenvalue weighted by Gasteiger charge is 2.21. The zero-order valence-corrected chi connectivity index (χ0v) is 16.9. The lowest BCUT2D eigenvalue weighted by Gasteiger charge is -2.18. The molecule has 4 rings (SSSR count). The molecule has 1 aliphatic rings. The first kappa shape index (κ1) is 19.9. The molecule has 0 spiro atoms. The van der Waals surface area contributed by atoms with Crippen molar-refractivity contribution in [2.75, 3.05) is 6.61 Å². The minimum atomic E-state index is -0.528. The summed E-state index contributed by atoms with van der Waals surface area (Å²) in [6.45, 7) is 0.397. The molecule has 0 fully saturated rings. The molecule has 0 saturated carbocycles. The Balaban J connectivity index is 1.95. The van der Waals surface area contributed by atoms with Gasteiger partial charge in [0.05, 0.1) is 17.1 Å². The first-order valence-electron chi connectivity index (χ1n) is 9.37. The Hall–Kier alpha value is -3.39. The molecule has 0 bridgehead atoms. The van der Waals surface area contributed by atoms with Crippen LogP contribution >= 0.6 is 11.6 Å². The van der Waals surface area contributed by atoms with Crippen molar-refractivity contribution in [3.63, 3.8) is 0 Å². The lowest BCUT2D eigenvalue weighted by Crippen LogP contribution is -2.16. The predicted molar refractivity (Wildman–Crippen MR) is 112 cm³/mol. The number of rotatable bonds is 1. The standard InChI is InChI=1S/C21H18ClN3O5/c1-24-12-17-16-9-15(25(27)28)11-23-21(16)30-18-6-5-14(22)8-13(18)4-2-3-7-29-19(17)10-20(24)26/h5-6,8-12H,2-4,7H2,1H3. The molecule has 0 saturated heterocycles. The Labute approximate surface area is 176 Å². The van der Waals surface area contributed by atoms with Gasteiger partial charge in [0.1, 0.15) is 17.7 Å². The van der Waals surface area contributed by atoms with Gasteiger partial charge in [-0.05, 0) is 43.0 Å². The minimum Gasteiger partial charge on any atom is -0.493 e. The zero-order valence-electron chi connectivity index (χ0n) is 16.1. The number of hydrogen-bond donors (Lipinski definition) is 0. The Morgan fingerprint density at radius 2 is 2.00 bits per heavy atom. The molecular weight excluding hydrogens is 410 g/mol. The Kier molecular flexibility index (Phi) is 5.41. The van der Waals surface area contributed by atoms with E-state index < -0.39 is 4.92 Å². The highest BCUT2D eigenvalue weighted by Crippen LogP contribution is 2.40. The first-order chi connectivity index (χ1) is 14.4. The maximum Gasteiger partial charge on any atom is 0.288 e. The fourth-order valence-corrected chi connectivity index (χ4v) is 3.49. The van der Waals surface area contributed by atoms with Gasteiger partial charge in [-0.25, -0.2) is 4.98 Å². The second-order valence-electron chi connectivity index (χ2n) is 6.96. The third-order valence-corrected chi connectivity index (χ3v) is 5.09. The van der Waals surface area contributed by atoms with Crippen LogP contribution in [0.5, 0.6) is 17.4 Å². The number of ether oxygens (including phenoxy) is 2. The molecule has 3 aromatic rings. The zero-order chi connectivity index (χ0) is 21.3. The molecule has 30 heavy (non-hydrogen) atoms. The third-order valence-electron chi connectivity index (χ3n) is 4.86. The summed E-state index contributed by atoms with van der Waals surface area (Å²) < 4.78 is 13.3. The smallest absolute Gasteiger partial charge is 0.288 e. The predicted octanol–water partition coefficient (Wildman–Crippen LogP) is 4.52. The first-order valence-corrected chi connectivity index (χ1v) is 9.75. The molecule has 0 unspecified atom stereocenters. The Morgan fingerprint density at radius 1 is 1.17 bits per heavy atom. The summed E-state index contributed by atoms with van der Waals surface area (Å²) in [7, 11) is 1.60. The summed E-state index contributed by atoms with van der Waals surface area (Å²) in [6, 6.07) is 8.06. The monoisotopic (exact) mass is 427 g/mol. The van der Waals surface area contributed by atoms with Gasteiger partial charge in [0.2, 0.25) is 5.88 Å². The van der Waals surface area contributed by atoms with Crippen molar-refractivity contribution in [3.05, 3.63) is 73.8 Å². The molecule has 0 N–H and O–H groups in total. The maximum absolute atomic E-state index is 12.2. The van der Waals surface area contributed by atoms with E-state index in [9.17, 15) is 14.9 Å². The third kappa shape index (κ3) is 3.99. The molecular formula is C21H18ClN3O5. The van der Waals surface area contributed by atoms with E-state index in [0.717, 1.165) is 24.6 Å². The molecule has 3 heterocycles. The van der Waals surface area contributed by atoms with Gasteiger partial charge in [-0.1, -0.05) is 11.6 Å². The summed E-state index contributed by atoms with van der Waals surface area (Å²) >= 11 is 6.15. The Bertz CT molecular complexity index is 1190. The van der Waals surface area contributed by atoms with Crippen LogP contribution in [0.3, 0.4) is 0 Å². The van der Waals surface area contributed by atoms with Gasteiger partial charge in [-0.3, -0.25) is 14.9 Å². The number of aryl methyl sites for hydroxylation is 2. The lowest BCUT2D eigenvalue weighted by atomic mass is 10.1. The van der Waals surface area contributed by atoms with E-state index in [0.29, 0.717) is 40.7 Å². The highest BCUT2D eigenvalue weighted by atomic mass is 35.5. The fraction of sp³-hybridized carbons (Fsp3) is 0.238. The molecule has 1 aromatic carbocycles. The molecule has 154 valence electrons. The number of benzene rings is 1. The summed E-state index contributed by atoms with van der Waals surface area (Å²) in [5, 5.41) is 12.0. The van der Waals surface area contributed by atoms with Gasteiger partial charge in [-0.2, -0.15) is 0 Å². The SMILES string of the molecule is Cn1cc2c(cc1=O)OCCCCc1cc(Cl)ccc1Oc1ncc([N+](=O)[O-])cc1-2. The van der Waals surface area contributed by atoms with E-state index in [1.807, 2.05) is 6.07 Å². The van der Waals surface area contributed by atoms with Crippen LogP contribution in [-0.4, -0.2) is 21.1 Å². The molecule has 9 heteroatoms. The van der Waals surface area contributed by atoms with Crippen molar-refractivity contribution >= 4 is 17.3 Å². The molecule has 1 aliphatic heterocycles. The van der Waals surface area contributed by atoms with Gasteiger partial charge >= 0.3 is 0 Å². The molecule has 8 nitrogen and oxygen atoms in total. The van der Waals surface area contributed by atoms with E-state index in [2.05, 4.69) is 4.98 Å². The number of nitro groups is 1. The summed E-state index contributed by atoms with van der Waals surface area (Å²) in [5.74, 6) is 1.09. The van der Waals surface area contributed by atoms with Crippen LogP contribution in [-0.2, 0) is 13.5 Å². The molecule has 2 aromatic heterocycles. The lowest BCUT2D eigenvalue weighted by molar-refractivity contribution is -0.385. The van der Waals surface area contributed by atoms with Crippen molar-refractivity contribution in [2.45, 2.75) is 19.3 Å². The molecule has 0 aliphatic carbocycles. The highest BCUT2D eigenvalue weighted by molar-refractivity contribution is 6.30. The van der Waals surface area contributed by atoms with E-state index in [-0.39, 0.29) is 17.1 Å².